The average Bonchev–Trinajstić information content (AvgIpc) is 3.03. The Hall–Kier alpha value is 0.0169. The van der Waals surface area contributed by atoms with Gasteiger partial charge in [0.05, 0.1) is 6.17 Å². The highest BCUT2D eigenvalue weighted by molar-refractivity contribution is 6.60. The molecule has 1 unspecified atom stereocenters. The van der Waals surface area contributed by atoms with E-state index in [-0.39, 0.29) is 0 Å². The first-order chi connectivity index (χ1) is 6.76. The Kier molecular flexibility index (Phi) is 5.00. The Morgan fingerprint density at radius 3 is 2.29 bits per heavy atom. The summed E-state index contributed by atoms with van der Waals surface area (Å²) in [4.78, 5) is 0. The van der Waals surface area contributed by atoms with Gasteiger partial charge in [0.2, 0.25) is 0 Å². The summed E-state index contributed by atoms with van der Waals surface area (Å²) in [5.41, 5.74) is 0. The van der Waals surface area contributed by atoms with E-state index >= 15 is 0 Å². The van der Waals surface area contributed by atoms with Crippen LogP contribution in [0, 0.1) is 0 Å². The lowest BCUT2D eigenvalue weighted by Crippen LogP contribution is -2.43. The molecule has 0 aromatic heterocycles. The van der Waals surface area contributed by atoms with Crippen LogP contribution in [0.3, 0.4) is 0 Å². The van der Waals surface area contributed by atoms with Gasteiger partial charge in [-0.05, 0) is 13.0 Å². The molecule has 0 aliphatic carbocycles. The molecule has 0 aromatic rings. The van der Waals surface area contributed by atoms with Gasteiger partial charge in [-0.2, -0.15) is 0 Å². The lowest BCUT2D eigenvalue weighted by molar-refractivity contribution is 0.123. The molecule has 0 aromatic carbocycles. The number of hydrogen-bond acceptors (Lipinski definition) is 5. The third-order valence-corrected chi connectivity index (χ3v) is 5.22. The van der Waals surface area contributed by atoms with Crippen molar-refractivity contribution in [3.8, 4) is 0 Å². The van der Waals surface area contributed by atoms with E-state index in [1.54, 1.807) is 21.3 Å². The molecule has 0 radical (unpaired) electrons. The van der Waals surface area contributed by atoms with E-state index in [1.165, 1.54) is 0 Å². The maximum atomic E-state index is 5.31. The van der Waals surface area contributed by atoms with Crippen molar-refractivity contribution >= 4 is 8.80 Å². The summed E-state index contributed by atoms with van der Waals surface area (Å²) in [5, 5.41) is 6.53. The number of nitrogens with one attached hydrogen (secondary N) is 2. The molecule has 0 bridgehead atoms. The van der Waals surface area contributed by atoms with Crippen molar-refractivity contribution in [3.63, 3.8) is 0 Å². The van der Waals surface area contributed by atoms with Gasteiger partial charge >= 0.3 is 8.80 Å². The van der Waals surface area contributed by atoms with Crippen LogP contribution in [-0.4, -0.2) is 49.4 Å². The van der Waals surface area contributed by atoms with Crippen LogP contribution in [0.4, 0.5) is 0 Å². The molecule has 0 amide bonds. The number of rotatable bonds is 8. The van der Waals surface area contributed by atoms with E-state index < -0.39 is 8.80 Å². The second kappa shape index (κ2) is 5.79. The van der Waals surface area contributed by atoms with Gasteiger partial charge in [0.15, 0.2) is 0 Å². The average molecular weight is 220 g/mol. The highest BCUT2D eigenvalue weighted by atomic mass is 28.4. The third kappa shape index (κ3) is 3.64. The fourth-order valence-corrected chi connectivity index (χ4v) is 3.06. The molecule has 0 spiro atoms. The number of hydrogen-bond donors (Lipinski definition) is 2. The van der Waals surface area contributed by atoms with E-state index in [4.69, 9.17) is 13.3 Å². The monoisotopic (exact) mass is 220 g/mol. The summed E-state index contributed by atoms with van der Waals surface area (Å²) in [5.74, 6) is 0. The van der Waals surface area contributed by atoms with E-state index in [2.05, 4.69) is 10.6 Å². The fraction of sp³-hybridized carbons (Fsp3) is 1.00. The van der Waals surface area contributed by atoms with Crippen LogP contribution in [0.2, 0.25) is 6.04 Å². The Morgan fingerprint density at radius 2 is 1.86 bits per heavy atom. The van der Waals surface area contributed by atoms with Crippen molar-refractivity contribution in [2.75, 3.05) is 34.4 Å². The second-order valence-electron chi connectivity index (χ2n) is 3.31. The molecule has 1 rings (SSSR count). The van der Waals surface area contributed by atoms with Gasteiger partial charge in [0.25, 0.3) is 0 Å². The minimum absolute atomic E-state index is 0.527. The molecule has 1 aliphatic heterocycles. The molecular formula is C8H20N2O3Si. The fourth-order valence-electron chi connectivity index (χ4n) is 1.34. The minimum atomic E-state index is -2.33. The molecule has 0 saturated carbocycles. The molecule has 1 fully saturated rings. The minimum Gasteiger partial charge on any atom is -0.377 e. The Bertz CT molecular complexity index is 154. The van der Waals surface area contributed by atoms with Gasteiger partial charge in [0.1, 0.15) is 0 Å². The van der Waals surface area contributed by atoms with Crippen LogP contribution in [-0.2, 0) is 13.3 Å². The van der Waals surface area contributed by atoms with Gasteiger partial charge in [-0.25, -0.2) is 0 Å². The zero-order valence-electron chi connectivity index (χ0n) is 9.13. The van der Waals surface area contributed by atoms with Crippen molar-refractivity contribution in [2.45, 2.75) is 18.6 Å². The van der Waals surface area contributed by atoms with Crippen LogP contribution < -0.4 is 10.6 Å². The molecule has 84 valence electrons. The predicted molar refractivity (Wildman–Crippen MR) is 56.0 cm³/mol. The van der Waals surface area contributed by atoms with Gasteiger partial charge in [-0.1, -0.05) is 0 Å². The first-order valence-electron chi connectivity index (χ1n) is 4.88. The van der Waals surface area contributed by atoms with Gasteiger partial charge in [0, 0.05) is 33.9 Å². The summed E-state index contributed by atoms with van der Waals surface area (Å²) in [7, 11) is 2.61. The molecule has 1 saturated heterocycles. The summed E-state index contributed by atoms with van der Waals surface area (Å²) in [6.45, 7) is 2.06. The molecule has 6 heteroatoms. The zero-order valence-corrected chi connectivity index (χ0v) is 10.1. The highest BCUT2D eigenvalue weighted by Gasteiger charge is 2.36. The standard InChI is InChI=1S/C8H20N2O3Si/c1-11-14(12-2,13-3)6-4-5-9-8-7-10-8/h8-10H,4-7H2,1-3H3. The van der Waals surface area contributed by atoms with Crippen molar-refractivity contribution in [1.82, 2.24) is 10.6 Å². The molecule has 1 aliphatic rings. The topological polar surface area (TPSA) is 61.7 Å². The lowest BCUT2D eigenvalue weighted by Gasteiger charge is -2.24. The van der Waals surface area contributed by atoms with Crippen molar-refractivity contribution in [1.29, 1.82) is 0 Å². The Balaban J connectivity index is 2.11. The Labute approximate surface area is 86.5 Å². The second-order valence-corrected chi connectivity index (χ2v) is 6.40. The smallest absolute Gasteiger partial charge is 0.377 e. The summed E-state index contributed by atoms with van der Waals surface area (Å²) in [6, 6.07) is 0.857. The van der Waals surface area contributed by atoms with Gasteiger partial charge in [-0.15, -0.1) is 0 Å². The summed E-state index contributed by atoms with van der Waals surface area (Å²) >= 11 is 0. The van der Waals surface area contributed by atoms with E-state index in [0.29, 0.717) is 6.17 Å². The zero-order chi connectivity index (χ0) is 10.4. The van der Waals surface area contributed by atoms with Crippen molar-refractivity contribution in [2.24, 2.45) is 0 Å². The molecule has 2 N–H and O–H groups in total. The Morgan fingerprint density at radius 1 is 1.29 bits per heavy atom. The molecule has 5 nitrogen and oxygen atoms in total. The molecule has 1 atom stereocenters. The van der Waals surface area contributed by atoms with E-state index in [9.17, 15) is 0 Å². The van der Waals surface area contributed by atoms with E-state index in [0.717, 1.165) is 25.6 Å². The predicted octanol–water partition coefficient (Wildman–Crippen LogP) is -0.226. The molecule has 14 heavy (non-hydrogen) atoms. The largest absolute Gasteiger partial charge is 0.500 e. The maximum absolute atomic E-state index is 5.31. The van der Waals surface area contributed by atoms with Crippen LogP contribution in [0.15, 0.2) is 0 Å². The first kappa shape index (κ1) is 12.1. The molecule has 1 heterocycles. The van der Waals surface area contributed by atoms with Crippen molar-refractivity contribution in [3.05, 3.63) is 0 Å². The third-order valence-electron chi connectivity index (χ3n) is 2.39. The summed E-state index contributed by atoms with van der Waals surface area (Å²) in [6.07, 6.45) is 1.54. The van der Waals surface area contributed by atoms with Crippen molar-refractivity contribution < 1.29 is 13.3 Å². The highest BCUT2D eigenvalue weighted by Crippen LogP contribution is 2.14. The first-order valence-corrected chi connectivity index (χ1v) is 6.82. The van der Waals surface area contributed by atoms with Crippen LogP contribution in [0.25, 0.3) is 0 Å². The van der Waals surface area contributed by atoms with Crippen LogP contribution in [0.5, 0.6) is 0 Å². The van der Waals surface area contributed by atoms with Crippen LogP contribution in [0.1, 0.15) is 6.42 Å². The maximum Gasteiger partial charge on any atom is 0.500 e. The van der Waals surface area contributed by atoms with Gasteiger partial charge in [-0.3, -0.25) is 5.32 Å². The quantitative estimate of drug-likeness (QED) is 0.336. The lowest BCUT2D eigenvalue weighted by atomic mass is 10.5. The normalized spacial score (nSPS) is 21.2. The SMILES string of the molecule is CO[Si](CCCNC1CN1)(OC)OC. The van der Waals surface area contributed by atoms with Crippen LogP contribution >= 0.6 is 0 Å². The molecular weight excluding hydrogens is 200 g/mol. The summed E-state index contributed by atoms with van der Waals surface area (Å²) < 4.78 is 15.9. The van der Waals surface area contributed by atoms with E-state index in [1.807, 2.05) is 0 Å². The van der Waals surface area contributed by atoms with Gasteiger partial charge < -0.3 is 18.6 Å².